The second kappa shape index (κ2) is 7.16. The third-order valence-corrected chi connectivity index (χ3v) is 3.69. The second-order valence-electron chi connectivity index (χ2n) is 5.32. The van der Waals surface area contributed by atoms with Crippen molar-refractivity contribution in [3.63, 3.8) is 0 Å². The summed E-state index contributed by atoms with van der Waals surface area (Å²) in [6.07, 6.45) is 5.55. The minimum Gasteiger partial charge on any atom is -0.481 e. The van der Waals surface area contributed by atoms with Gasteiger partial charge in [0.2, 0.25) is 0 Å². The molecule has 0 saturated heterocycles. The van der Waals surface area contributed by atoms with Crippen LogP contribution in [0.2, 0.25) is 0 Å². The van der Waals surface area contributed by atoms with Crippen LogP contribution in [0, 0.1) is 5.41 Å². The molecule has 0 aromatic carbocycles. The number of carboxylic acids is 1. The van der Waals surface area contributed by atoms with Gasteiger partial charge in [-0.05, 0) is 24.7 Å². The second-order valence-corrected chi connectivity index (χ2v) is 5.32. The third-order valence-electron chi connectivity index (χ3n) is 3.69. The summed E-state index contributed by atoms with van der Waals surface area (Å²) >= 11 is 0. The van der Waals surface area contributed by atoms with Gasteiger partial charge in [0, 0.05) is 19.6 Å². The molecule has 1 saturated carbocycles. The fraction of sp³-hybridized carbons (Fsp3) is 0.714. The lowest BCUT2D eigenvalue weighted by Crippen LogP contribution is -2.48. The van der Waals surface area contributed by atoms with Crippen LogP contribution in [0.3, 0.4) is 0 Å². The minimum atomic E-state index is -0.787. The molecule has 0 aromatic rings. The molecule has 0 atom stereocenters. The quantitative estimate of drug-likeness (QED) is 0.663. The van der Waals surface area contributed by atoms with Crippen molar-refractivity contribution < 1.29 is 14.7 Å². The molecule has 2 N–H and O–H groups in total. The lowest BCUT2D eigenvalue weighted by atomic mass is 9.66. The average Bonchev–Trinajstić information content (AvgIpc) is 2.31. The van der Waals surface area contributed by atoms with Crippen LogP contribution in [0.5, 0.6) is 0 Å². The monoisotopic (exact) mass is 268 g/mol. The summed E-state index contributed by atoms with van der Waals surface area (Å²) in [5.41, 5.74) is -0.229. The Kier molecular flexibility index (Phi) is 5.86. The molecule has 1 aliphatic rings. The normalized spacial score (nSPS) is 16.3. The van der Waals surface area contributed by atoms with Gasteiger partial charge >= 0.3 is 12.0 Å². The highest BCUT2D eigenvalue weighted by molar-refractivity contribution is 5.74. The fourth-order valence-corrected chi connectivity index (χ4v) is 2.49. The zero-order valence-corrected chi connectivity index (χ0v) is 11.7. The number of hydrogen-bond acceptors (Lipinski definition) is 2. The molecule has 1 rings (SSSR count). The van der Waals surface area contributed by atoms with Crippen LogP contribution in [-0.4, -0.2) is 41.6 Å². The molecule has 0 radical (unpaired) electrons. The Morgan fingerprint density at radius 3 is 2.58 bits per heavy atom. The number of hydrogen-bond donors (Lipinski definition) is 2. The van der Waals surface area contributed by atoms with Gasteiger partial charge in [-0.2, -0.15) is 0 Å². The molecule has 2 amide bonds. The van der Waals surface area contributed by atoms with Crippen LogP contribution in [0.25, 0.3) is 0 Å². The summed E-state index contributed by atoms with van der Waals surface area (Å²) in [6, 6.07) is -0.126. The topological polar surface area (TPSA) is 69.6 Å². The van der Waals surface area contributed by atoms with E-state index in [0.29, 0.717) is 19.6 Å². The van der Waals surface area contributed by atoms with Crippen molar-refractivity contribution in [3.8, 4) is 0 Å². The molecular weight excluding hydrogens is 244 g/mol. The number of aliphatic carboxylic acids is 1. The molecular formula is C14H24N2O3. The summed E-state index contributed by atoms with van der Waals surface area (Å²) in [4.78, 5) is 24.6. The maximum Gasteiger partial charge on any atom is 0.317 e. The third kappa shape index (κ3) is 4.58. The standard InChI is InChI=1S/C14H24N2O3/c1-3-8-16(9-4-2)13(19)15-11-14(6-5-7-14)10-12(17)18/h3H,1,4-11H2,2H3,(H,15,19)(H,17,18). The van der Waals surface area contributed by atoms with Crippen molar-refractivity contribution in [1.29, 1.82) is 0 Å². The largest absolute Gasteiger partial charge is 0.481 e. The number of urea groups is 1. The summed E-state index contributed by atoms with van der Waals surface area (Å²) in [5, 5.41) is 11.8. The van der Waals surface area contributed by atoms with E-state index < -0.39 is 5.97 Å². The summed E-state index contributed by atoms with van der Waals surface area (Å²) in [7, 11) is 0. The van der Waals surface area contributed by atoms with E-state index in [1.165, 1.54) is 0 Å². The van der Waals surface area contributed by atoms with E-state index >= 15 is 0 Å². The number of rotatable bonds is 8. The van der Waals surface area contributed by atoms with Crippen LogP contribution in [0.4, 0.5) is 4.79 Å². The van der Waals surface area contributed by atoms with E-state index in [-0.39, 0.29) is 17.9 Å². The molecule has 1 fully saturated rings. The lowest BCUT2D eigenvalue weighted by molar-refractivity contribution is -0.141. The molecule has 0 spiro atoms. The highest BCUT2D eigenvalue weighted by Crippen LogP contribution is 2.43. The SMILES string of the molecule is C=CCN(CCC)C(=O)NCC1(CC(=O)O)CCC1. The summed E-state index contributed by atoms with van der Waals surface area (Å²) in [6.45, 7) is 7.31. The number of amides is 2. The van der Waals surface area contributed by atoms with E-state index in [0.717, 1.165) is 25.7 Å². The molecule has 0 unspecified atom stereocenters. The van der Waals surface area contributed by atoms with Gasteiger partial charge in [-0.15, -0.1) is 6.58 Å². The first kappa shape index (κ1) is 15.5. The number of carboxylic acid groups (broad SMARTS) is 1. The van der Waals surface area contributed by atoms with Crippen LogP contribution >= 0.6 is 0 Å². The highest BCUT2D eigenvalue weighted by atomic mass is 16.4. The van der Waals surface area contributed by atoms with E-state index in [2.05, 4.69) is 11.9 Å². The smallest absolute Gasteiger partial charge is 0.317 e. The predicted molar refractivity (Wildman–Crippen MR) is 74.0 cm³/mol. The fourth-order valence-electron chi connectivity index (χ4n) is 2.49. The Balaban J connectivity index is 2.46. The Bertz CT molecular complexity index is 338. The Morgan fingerprint density at radius 1 is 1.47 bits per heavy atom. The van der Waals surface area contributed by atoms with Crippen molar-refractivity contribution >= 4 is 12.0 Å². The van der Waals surface area contributed by atoms with Crippen molar-refractivity contribution in [2.75, 3.05) is 19.6 Å². The number of nitrogens with one attached hydrogen (secondary N) is 1. The van der Waals surface area contributed by atoms with E-state index in [9.17, 15) is 9.59 Å². The van der Waals surface area contributed by atoms with Crippen LogP contribution in [0.15, 0.2) is 12.7 Å². The van der Waals surface area contributed by atoms with Gasteiger partial charge in [-0.1, -0.05) is 19.4 Å². The lowest BCUT2D eigenvalue weighted by Gasteiger charge is -2.41. The van der Waals surface area contributed by atoms with Gasteiger partial charge in [-0.3, -0.25) is 4.79 Å². The van der Waals surface area contributed by atoms with E-state index in [4.69, 9.17) is 5.11 Å². The van der Waals surface area contributed by atoms with Crippen LogP contribution in [-0.2, 0) is 4.79 Å². The van der Waals surface area contributed by atoms with Gasteiger partial charge in [0.05, 0.1) is 6.42 Å². The molecule has 0 aromatic heterocycles. The maximum absolute atomic E-state index is 12.0. The Labute approximate surface area is 114 Å². The van der Waals surface area contributed by atoms with Gasteiger partial charge < -0.3 is 15.3 Å². The van der Waals surface area contributed by atoms with Crippen molar-refractivity contribution in [3.05, 3.63) is 12.7 Å². The molecule has 0 heterocycles. The van der Waals surface area contributed by atoms with Gasteiger partial charge in [-0.25, -0.2) is 4.79 Å². The van der Waals surface area contributed by atoms with E-state index in [1.807, 2.05) is 6.92 Å². The highest BCUT2D eigenvalue weighted by Gasteiger charge is 2.39. The first-order valence-electron chi connectivity index (χ1n) is 6.88. The molecule has 5 nitrogen and oxygen atoms in total. The van der Waals surface area contributed by atoms with E-state index in [1.54, 1.807) is 11.0 Å². The number of carbonyl (C=O) groups excluding carboxylic acids is 1. The van der Waals surface area contributed by atoms with Crippen LogP contribution < -0.4 is 5.32 Å². The molecule has 5 heteroatoms. The summed E-state index contributed by atoms with van der Waals surface area (Å²) < 4.78 is 0. The number of nitrogens with zero attached hydrogens (tertiary/aromatic N) is 1. The van der Waals surface area contributed by atoms with Crippen LogP contribution in [0.1, 0.15) is 39.0 Å². The number of carbonyl (C=O) groups is 2. The van der Waals surface area contributed by atoms with Gasteiger partial charge in [0.1, 0.15) is 0 Å². The molecule has 19 heavy (non-hydrogen) atoms. The molecule has 108 valence electrons. The van der Waals surface area contributed by atoms with Gasteiger partial charge in [0.25, 0.3) is 0 Å². The molecule has 0 bridgehead atoms. The molecule has 1 aliphatic carbocycles. The predicted octanol–water partition coefficient (Wildman–Crippen LogP) is 2.24. The van der Waals surface area contributed by atoms with Crippen molar-refractivity contribution in [1.82, 2.24) is 10.2 Å². The Morgan fingerprint density at radius 2 is 2.16 bits per heavy atom. The van der Waals surface area contributed by atoms with Crippen molar-refractivity contribution in [2.24, 2.45) is 5.41 Å². The zero-order chi connectivity index (χ0) is 14.3. The summed E-state index contributed by atoms with van der Waals surface area (Å²) in [5.74, 6) is -0.787. The maximum atomic E-state index is 12.0. The minimum absolute atomic E-state index is 0.126. The zero-order valence-electron chi connectivity index (χ0n) is 11.7. The molecule has 0 aliphatic heterocycles. The van der Waals surface area contributed by atoms with Crippen molar-refractivity contribution in [2.45, 2.75) is 39.0 Å². The first-order valence-corrected chi connectivity index (χ1v) is 6.88. The average molecular weight is 268 g/mol. The van der Waals surface area contributed by atoms with Gasteiger partial charge in [0.15, 0.2) is 0 Å². The first-order chi connectivity index (χ1) is 9.03. The Hall–Kier alpha value is -1.52.